The topological polar surface area (TPSA) is 103 Å². The normalized spacial score (nSPS) is 16.9. The Labute approximate surface area is 214 Å². The molecule has 2 aromatic rings. The van der Waals surface area contributed by atoms with Gasteiger partial charge >= 0.3 is 5.97 Å². The van der Waals surface area contributed by atoms with Crippen LogP contribution in [0.3, 0.4) is 0 Å². The van der Waals surface area contributed by atoms with Crippen molar-refractivity contribution in [3.05, 3.63) is 70.3 Å². The van der Waals surface area contributed by atoms with E-state index in [1.165, 1.54) is 11.8 Å². The number of rotatable bonds is 9. The first-order valence-corrected chi connectivity index (χ1v) is 12.4. The molecule has 3 heterocycles. The molecule has 36 heavy (non-hydrogen) atoms. The van der Waals surface area contributed by atoms with E-state index in [9.17, 15) is 9.59 Å². The van der Waals surface area contributed by atoms with Gasteiger partial charge in [0, 0.05) is 11.3 Å². The monoisotopic (exact) mass is 511 g/mol. The molecule has 0 fully saturated rings. The number of nitrogens with one attached hydrogen (secondary N) is 1. The number of allylic oxidation sites excluding steroid dienone is 1. The van der Waals surface area contributed by atoms with Crippen molar-refractivity contribution < 1.29 is 28.2 Å². The number of esters is 1. The van der Waals surface area contributed by atoms with E-state index in [0.717, 1.165) is 0 Å². The van der Waals surface area contributed by atoms with Gasteiger partial charge in [-0.25, -0.2) is 9.79 Å². The lowest BCUT2D eigenvalue weighted by molar-refractivity contribution is -0.143. The van der Waals surface area contributed by atoms with E-state index < -0.39 is 12.0 Å². The van der Waals surface area contributed by atoms with Crippen molar-refractivity contribution >= 4 is 28.8 Å². The number of benzene rings is 1. The summed E-state index contributed by atoms with van der Waals surface area (Å²) in [5.41, 5.74) is 2.33. The van der Waals surface area contributed by atoms with Crippen molar-refractivity contribution in [1.82, 2.24) is 10.2 Å². The van der Waals surface area contributed by atoms with Gasteiger partial charge in [0.2, 0.25) is 5.91 Å². The molecule has 0 saturated heterocycles. The molecule has 10 heteroatoms. The summed E-state index contributed by atoms with van der Waals surface area (Å²) in [5.74, 6) is 1.02. The Hall–Kier alpha value is -3.66. The molecule has 1 aromatic carbocycles. The van der Waals surface area contributed by atoms with Crippen LogP contribution in [-0.4, -0.2) is 42.3 Å². The van der Waals surface area contributed by atoms with E-state index in [0.29, 0.717) is 45.0 Å². The largest absolute Gasteiger partial charge is 0.493 e. The summed E-state index contributed by atoms with van der Waals surface area (Å²) in [6.07, 6.45) is 1.33. The predicted molar refractivity (Wildman–Crippen MR) is 136 cm³/mol. The lowest BCUT2D eigenvalue weighted by Crippen LogP contribution is -2.38. The summed E-state index contributed by atoms with van der Waals surface area (Å²) in [6, 6.07) is 8.44. The summed E-state index contributed by atoms with van der Waals surface area (Å²) in [5, 5.41) is 5.42. The second-order valence-corrected chi connectivity index (χ2v) is 9.30. The fraction of sp³-hybridized carbons (Fsp3) is 0.346. The zero-order valence-corrected chi connectivity index (χ0v) is 21.7. The van der Waals surface area contributed by atoms with Gasteiger partial charge in [0.25, 0.3) is 0 Å². The van der Waals surface area contributed by atoms with E-state index in [1.807, 2.05) is 22.4 Å². The molecule has 190 valence electrons. The summed E-state index contributed by atoms with van der Waals surface area (Å²) in [4.78, 5) is 32.8. The van der Waals surface area contributed by atoms with Gasteiger partial charge in [0.05, 0.1) is 56.9 Å². The lowest BCUT2D eigenvalue weighted by Gasteiger charge is -2.37. The fourth-order valence-corrected chi connectivity index (χ4v) is 5.12. The van der Waals surface area contributed by atoms with Crippen molar-refractivity contribution in [3.63, 3.8) is 0 Å². The molecule has 9 nitrogen and oxygen atoms in total. The third kappa shape index (κ3) is 5.13. The summed E-state index contributed by atoms with van der Waals surface area (Å²) in [7, 11) is 3.12. The molecule has 0 spiro atoms. The number of amidine groups is 1. The Morgan fingerprint density at radius 3 is 2.67 bits per heavy atom. The zero-order chi connectivity index (χ0) is 25.8. The minimum Gasteiger partial charge on any atom is -0.493 e. The number of methoxy groups -OCH3 is 2. The fourth-order valence-electron chi connectivity index (χ4n) is 4.16. The van der Waals surface area contributed by atoms with Gasteiger partial charge in [-0.3, -0.25) is 4.79 Å². The van der Waals surface area contributed by atoms with Crippen LogP contribution in [0.1, 0.15) is 44.6 Å². The molecular formula is C26H29N3O6S. The van der Waals surface area contributed by atoms with Crippen molar-refractivity contribution in [1.29, 1.82) is 0 Å². The second kappa shape index (κ2) is 10.9. The molecule has 0 aliphatic carbocycles. The Morgan fingerprint density at radius 2 is 2.00 bits per heavy atom. The maximum Gasteiger partial charge on any atom is 0.338 e. The summed E-state index contributed by atoms with van der Waals surface area (Å²) < 4.78 is 22.2. The Bertz CT molecular complexity index is 1230. The maximum absolute atomic E-state index is 13.3. The number of carbonyl (C=O) groups excluding carboxylic acids is 2. The Kier molecular flexibility index (Phi) is 7.73. The highest BCUT2D eigenvalue weighted by Crippen LogP contribution is 2.48. The number of carbonyl (C=O) groups is 2. The first-order chi connectivity index (χ1) is 17.3. The van der Waals surface area contributed by atoms with Gasteiger partial charge in [0.1, 0.15) is 5.76 Å². The molecule has 1 atom stereocenters. The molecule has 1 N–H and O–H groups in total. The quantitative estimate of drug-likeness (QED) is 0.490. The van der Waals surface area contributed by atoms with Crippen LogP contribution in [0, 0.1) is 0 Å². The average Bonchev–Trinajstić information content (AvgIpc) is 3.51. The van der Waals surface area contributed by atoms with Crippen LogP contribution in [0.4, 0.5) is 0 Å². The van der Waals surface area contributed by atoms with Crippen LogP contribution >= 0.6 is 11.8 Å². The SMILES string of the molecule is COc1cccc([C@H]2C(C(=O)OC(C)C)=C(C)N=C3SC=C(CC(=O)NCc4ccco4)N32)c1OC. The highest BCUT2D eigenvalue weighted by Gasteiger charge is 2.43. The smallest absolute Gasteiger partial charge is 0.338 e. The molecule has 2 aliphatic rings. The number of fused-ring (bicyclic) bond motifs is 1. The number of furan rings is 1. The lowest BCUT2D eigenvalue weighted by atomic mass is 9.92. The number of thioether (sulfide) groups is 1. The summed E-state index contributed by atoms with van der Waals surface area (Å²) >= 11 is 1.40. The molecule has 1 amide bonds. The number of hydrogen-bond acceptors (Lipinski definition) is 9. The second-order valence-electron chi connectivity index (χ2n) is 8.46. The van der Waals surface area contributed by atoms with Gasteiger partial charge in [0.15, 0.2) is 16.7 Å². The minimum absolute atomic E-state index is 0.0844. The minimum atomic E-state index is -0.632. The number of para-hydroxylation sites is 1. The molecule has 0 unspecified atom stereocenters. The standard InChI is InChI=1S/C26H29N3O6S/c1-15(2)35-25(31)22-16(3)28-26-29(23(22)19-9-6-10-20(32-4)24(19)33-5)17(14-36-26)12-21(30)27-13-18-8-7-11-34-18/h6-11,14-15,23H,12-13H2,1-5H3,(H,27,30)/t23-/m0/s1. The molecule has 2 aliphatic heterocycles. The number of nitrogens with zero attached hydrogens (tertiary/aromatic N) is 2. The molecule has 0 radical (unpaired) electrons. The molecule has 4 rings (SSSR count). The zero-order valence-electron chi connectivity index (χ0n) is 20.9. The first-order valence-electron chi connectivity index (χ1n) is 11.5. The van der Waals surface area contributed by atoms with Crippen LogP contribution in [0.15, 0.2) is 68.4 Å². The van der Waals surface area contributed by atoms with E-state index in [4.69, 9.17) is 18.6 Å². The average molecular weight is 512 g/mol. The van der Waals surface area contributed by atoms with E-state index in [1.54, 1.807) is 59.5 Å². The number of ether oxygens (including phenoxy) is 3. The van der Waals surface area contributed by atoms with Gasteiger partial charge in [-0.05, 0) is 44.4 Å². The van der Waals surface area contributed by atoms with E-state index >= 15 is 0 Å². The van der Waals surface area contributed by atoms with Gasteiger partial charge in [-0.2, -0.15) is 0 Å². The first kappa shape index (κ1) is 25.4. The van der Waals surface area contributed by atoms with E-state index in [2.05, 4.69) is 10.3 Å². The van der Waals surface area contributed by atoms with Crippen molar-refractivity contribution in [3.8, 4) is 11.5 Å². The number of amides is 1. The highest BCUT2D eigenvalue weighted by atomic mass is 32.2. The van der Waals surface area contributed by atoms with Crippen LogP contribution in [0.25, 0.3) is 0 Å². The van der Waals surface area contributed by atoms with Crippen LogP contribution < -0.4 is 14.8 Å². The van der Waals surface area contributed by atoms with Crippen LogP contribution in [0.2, 0.25) is 0 Å². The highest BCUT2D eigenvalue weighted by molar-refractivity contribution is 8.16. The van der Waals surface area contributed by atoms with Crippen LogP contribution in [0.5, 0.6) is 11.5 Å². The molecule has 1 aromatic heterocycles. The van der Waals surface area contributed by atoms with Crippen LogP contribution in [-0.2, 0) is 20.9 Å². The van der Waals surface area contributed by atoms with Crippen molar-refractivity contribution in [2.24, 2.45) is 4.99 Å². The predicted octanol–water partition coefficient (Wildman–Crippen LogP) is 4.53. The van der Waals surface area contributed by atoms with Gasteiger partial charge in [-0.1, -0.05) is 23.9 Å². The van der Waals surface area contributed by atoms with Gasteiger partial charge in [-0.15, -0.1) is 0 Å². The molecule has 0 saturated carbocycles. The van der Waals surface area contributed by atoms with Crippen molar-refractivity contribution in [2.75, 3.05) is 14.2 Å². The third-order valence-corrected chi connectivity index (χ3v) is 6.56. The number of hydrogen-bond donors (Lipinski definition) is 1. The molecule has 0 bridgehead atoms. The van der Waals surface area contributed by atoms with E-state index in [-0.39, 0.29) is 25.0 Å². The summed E-state index contributed by atoms with van der Waals surface area (Å²) in [6.45, 7) is 5.67. The maximum atomic E-state index is 13.3. The Morgan fingerprint density at radius 1 is 1.19 bits per heavy atom. The third-order valence-electron chi connectivity index (χ3n) is 5.67. The Balaban J connectivity index is 1.72. The molecular weight excluding hydrogens is 482 g/mol. The van der Waals surface area contributed by atoms with Gasteiger partial charge < -0.3 is 28.8 Å². The van der Waals surface area contributed by atoms with Crippen molar-refractivity contribution in [2.45, 2.75) is 45.9 Å². The number of aliphatic imine (C=N–C) groups is 1.